The third kappa shape index (κ3) is 3.50. The number of anilines is 1. The Labute approximate surface area is 136 Å². The Kier molecular flexibility index (Phi) is 5.12. The highest BCUT2D eigenvalue weighted by atomic mass is 32.1. The minimum absolute atomic E-state index is 0.0230. The standard InChI is InChI=1S/C17H23N3OS/c18-11-14-13-7-3-1-4-8-15(13)22-17(14)19-16(21)12-20-9-5-2-6-10-20/h1-10,12H2,(H,19,21). The third-order valence-electron chi connectivity index (χ3n) is 4.60. The van der Waals surface area contributed by atoms with E-state index < -0.39 is 0 Å². The predicted octanol–water partition coefficient (Wildman–Crippen LogP) is 3.31. The van der Waals surface area contributed by atoms with Crippen LogP contribution < -0.4 is 5.32 Å². The molecule has 1 aromatic rings. The number of fused-ring (bicyclic) bond motifs is 1. The van der Waals surface area contributed by atoms with Crippen LogP contribution in [0.2, 0.25) is 0 Å². The van der Waals surface area contributed by atoms with Crippen LogP contribution in [0, 0.1) is 11.3 Å². The number of nitriles is 1. The van der Waals surface area contributed by atoms with E-state index >= 15 is 0 Å². The first-order chi connectivity index (χ1) is 10.8. The highest BCUT2D eigenvalue weighted by molar-refractivity contribution is 7.16. The molecule has 2 heterocycles. The monoisotopic (exact) mass is 317 g/mol. The molecular weight excluding hydrogens is 294 g/mol. The molecule has 1 N–H and O–H groups in total. The molecule has 3 rings (SSSR count). The maximum atomic E-state index is 12.3. The average molecular weight is 317 g/mol. The Hall–Kier alpha value is -1.38. The molecule has 22 heavy (non-hydrogen) atoms. The zero-order valence-corrected chi connectivity index (χ0v) is 13.8. The van der Waals surface area contributed by atoms with Crippen LogP contribution in [-0.2, 0) is 17.6 Å². The number of aryl methyl sites for hydroxylation is 1. The molecule has 1 amide bonds. The number of hydrogen-bond donors (Lipinski definition) is 1. The molecule has 1 aliphatic carbocycles. The van der Waals surface area contributed by atoms with Crippen LogP contribution in [0.5, 0.6) is 0 Å². The highest BCUT2D eigenvalue weighted by Gasteiger charge is 2.21. The number of amides is 1. The summed E-state index contributed by atoms with van der Waals surface area (Å²) < 4.78 is 0. The van der Waals surface area contributed by atoms with Gasteiger partial charge < -0.3 is 5.32 Å². The lowest BCUT2D eigenvalue weighted by Crippen LogP contribution is -2.36. The fraction of sp³-hybridized carbons (Fsp3) is 0.647. The lowest BCUT2D eigenvalue weighted by Gasteiger charge is -2.25. The van der Waals surface area contributed by atoms with E-state index in [1.807, 2.05) is 0 Å². The number of nitrogens with one attached hydrogen (secondary N) is 1. The number of piperidine rings is 1. The van der Waals surface area contributed by atoms with Crippen molar-refractivity contribution < 1.29 is 4.79 Å². The van der Waals surface area contributed by atoms with Crippen molar-refractivity contribution in [1.82, 2.24) is 4.90 Å². The smallest absolute Gasteiger partial charge is 0.239 e. The number of rotatable bonds is 3. The summed E-state index contributed by atoms with van der Waals surface area (Å²) in [6.45, 7) is 2.48. The summed E-state index contributed by atoms with van der Waals surface area (Å²) in [4.78, 5) is 15.8. The van der Waals surface area contributed by atoms with Gasteiger partial charge in [-0.3, -0.25) is 9.69 Å². The van der Waals surface area contributed by atoms with Gasteiger partial charge in [0.25, 0.3) is 0 Å². The quantitative estimate of drug-likeness (QED) is 0.870. The maximum Gasteiger partial charge on any atom is 0.239 e. The molecule has 2 aliphatic rings. The molecule has 0 atom stereocenters. The summed E-state index contributed by atoms with van der Waals surface area (Å²) in [7, 11) is 0. The first-order valence-electron chi connectivity index (χ1n) is 8.35. The zero-order chi connectivity index (χ0) is 15.4. The largest absolute Gasteiger partial charge is 0.315 e. The van der Waals surface area contributed by atoms with Crippen LogP contribution >= 0.6 is 11.3 Å². The fourth-order valence-corrected chi connectivity index (χ4v) is 4.69. The first-order valence-corrected chi connectivity index (χ1v) is 9.16. The third-order valence-corrected chi connectivity index (χ3v) is 5.81. The molecule has 0 bridgehead atoms. The van der Waals surface area contributed by atoms with Gasteiger partial charge in [0.05, 0.1) is 12.1 Å². The van der Waals surface area contributed by atoms with Crippen molar-refractivity contribution in [3.05, 3.63) is 16.0 Å². The molecule has 4 nitrogen and oxygen atoms in total. The molecule has 5 heteroatoms. The average Bonchev–Trinajstić information content (AvgIpc) is 2.69. The van der Waals surface area contributed by atoms with Gasteiger partial charge in [0.2, 0.25) is 5.91 Å². The number of carbonyl (C=O) groups excluding carboxylic acids is 1. The molecule has 1 aliphatic heterocycles. The van der Waals surface area contributed by atoms with Gasteiger partial charge >= 0.3 is 0 Å². The highest BCUT2D eigenvalue weighted by Crippen LogP contribution is 2.36. The van der Waals surface area contributed by atoms with Gasteiger partial charge in [0, 0.05) is 4.88 Å². The summed E-state index contributed by atoms with van der Waals surface area (Å²) in [5, 5.41) is 13.3. The van der Waals surface area contributed by atoms with Crippen LogP contribution in [0.3, 0.4) is 0 Å². The lowest BCUT2D eigenvalue weighted by atomic mass is 10.1. The Bertz CT molecular complexity index is 581. The van der Waals surface area contributed by atoms with Crippen molar-refractivity contribution in [1.29, 1.82) is 5.26 Å². The van der Waals surface area contributed by atoms with Crippen molar-refractivity contribution in [2.24, 2.45) is 0 Å². The normalized spacial score (nSPS) is 19.0. The van der Waals surface area contributed by atoms with E-state index in [4.69, 9.17) is 0 Å². The van der Waals surface area contributed by atoms with Gasteiger partial charge in [-0.15, -0.1) is 11.3 Å². The fourth-order valence-electron chi connectivity index (χ4n) is 3.44. The molecule has 0 aromatic carbocycles. The minimum atomic E-state index is 0.0230. The molecule has 118 valence electrons. The number of hydrogen-bond acceptors (Lipinski definition) is 4. The van der Waals surface area contributed by atoms with Gasteiger partial charge in [-0.1, -0.05) is 12.8 Å². The predicted molar refractivity (Wildman–Crippen MR) is 89.2 cm³/mol. The van der Waals surface area contributed by atoms with Crippen LogP contribution in [0.1, 0.15) is 54.5 Å². The van der Waals surface area contributed by atoms with E-state index in [1.54, 1.807) is 11.3 Å². The van der Waals surface area contributed by atoms with E-state index in [9.17, 15) is 10.1 Å². The number of thiophene rings is 1. The van der Waals surface area contributed by atoms with E-state index in [1.165, 1.54) is 42.5 Å². The molecule has 0 spiro atoms. The molecule has 0 saturated carbocycles. The van der Waals surface area contributed by atoms with Gasteiger partial charge in [-0.25, -0.2) is 0 Å². The number of nitrogens with zero attached hydrogens (tertiary/aromatic N) is 2. The second kappa shape index (κ2) is 7.26. The zero-order valence-electron chi connectivity index (χ0n) is 13.0. The van der Waals surface area contributed by atoms with Crippen LogP contribution in [0.15, 0.2) is 0 Å². The molecule has 1 fully saturated rings. The Morgan fingerprint density at radius 1 is 1.14 bits per heavy atom. The van der Waals surface area contributed by atoms with Crippen molar-refractivity contribution in [3.63, 3.8) is 0 Å². The van der Waals surface area contributed by atoms with E-state index in [2.05, 4.69) is 16.3 Å². The summed E-state index contributed by atoms with van der Waals surface area (Å²) in [6, 6.07) is 2.32. The minimum Gasteiger partial charge on any atom is -0.315 e. The SMILES string of the molecule is N#Cc1c(NC(=O)CN2CCCCC2)sc2c1CCCCC2. The maximum absolute atomic E-state index is 12.3. The van der Waals surface area contributed by atoms with Crippen LogP contribution in [0.25, 0.3) is 0 Å². The summed E-state index contributed by atoms with van der Waals surface area (Å²) in [6.07, 6.45) is 9.26. The Morgan fingerprint density at radius 3 is 2.64 bits per heavy atom. The van der Waals surface area contributed by atoms with E-state index in [0.29, 0.717) is 12.1 Å². The van der Waals surface area contributed by atoms with Crippen LogP contribution in [0.4, 0.5) is 5.00 Å². The topological polar surface area (TPSA) is 56.1 Å². The summed E-state index contributed by atoms with van der Waals surface area (Å²) >= 11 is 1.62. The summed E-state index contributed by atoms with van der Waals surface area (Å²) in [5.41, 5.74) is 1.91. The molecular formula is C17H23N3OS. The van der Waals surface area contributed by atoms with Crippen molar-refractivity contribution >= 4 is 22.2 Å². The van der Waals surface area contributed by atoms with Crippen molar-refractivity contribution in [2.75, 3.05) is 25.0 Å². The Morgan fingerprint density at radius 2 is 1.86 bits per heavy atom. The first kappa shape index (κ1) is 15.5. The summed E-state index contributed by atoms with van der Waals surface area (Å²) in [5.74, 6) is 0.0230. The number of likely N-dealkylation sites (tertiary alicyclic amines) is 1. The Balaban J connectivity index is 1.69. The van der Waals surface area contributed by atoms with Crippen molar-refractivity contribution in [3.8, 4) is 6.07 Å². The second-order valence-electron chi connectivity index (χ2n) is 6.27. The van der Waals surface area contributed by atoms with E-state index in [-0.39, 0.29) is 5.91 Å². The molecule has 0 unspecified atom stereocenters. The van der Waals surface area contributed by atoms with Gasteiger partial charge in [-0.2, -0.15) is 5.26 Å². The van der Waals surface area contributed by atoms with E-state index in [0.717, 1.165) is 37.4 Å². The second-order valence-corrected chi connectivity index (χ2v) is 7.37. The molecule has 0 radical (unpaired) electrons. The van der Waals surface area contributed by atoms with Gasteiger partial charge in [0.15, 0.2) is 0 Å². The number of carbonyl (C=O) groups is 1. The molecule has 1 aromatic heterocycles. The van der Waals surface area contributed by atoms with Crippen molar-refractivity contribution in [2.45, 2.75) is 51.4 Å². The molecule has 1 saturated heterocycles. The van der Waals surface area contributed by atoms with Crippen LogP contribution in [-0.4, -0.2) is 30.4 Å². The lowest BCUT2D eigenvalue weighted by molar-refractivity contribution is -0.117. The van der Waals surface area contributed by atoms with Gasteiger partial charge in [-0.05, 0) is 57.2 Å². The van der Waals surface area contributed by atoms with Gasteiger partial charge in [0.1, 0.15) is 11.1 Å².